The van der Waals surface area contributed by atoms with Gasteiger partial charge in [-0.1, -0.05) is 41.5 Å². The standard InChI is InChI=1S/C12H21N3O/c1-11(2,3)8-7(9(13)16)14-10(15-8)12(4,5)6/h8H,1-6H3,(H2,13,16). The molecule has 0 aliphatic carbocycles. The fourth-order valence-electron chi connectivity index (χ4n) is 1.54. The van der Waals surface area contributed by atoms with Crippen LogP contribution in [0.4, 0.5) is 0 Å². The molecule has 4 heteroatoms. The molecule has 4 nitrogen and oxygen atoms in total. The molecule has 1 aliphatic rings. The number of nitrogens with two attached hydrogens (primary N) is 1. The van der Waals surface area contributed by atoms with Gasteiger partial charge in [-0.25, -0.2) is 4.99 Å². The first-order valence-electron chi connectivity index (χ1n) is 5.50. The molecule has 2 N–H and O–H groups in total. The van der Waals surface area contributed by atoms with Crippen LogP contribution in [-0.2, 0) is 4.79 Å². The van der Waals surface area contributed by atoms with Crippen molar-refractivity contribution in [1.82, 2.24) is 0 Å². The van der Waals surface area contributed by atoms with E-state index in [1.165, 1.54) is 0 Å². The quantitative estimate of drug-likeness (QED) is 0.723. The van der Waals surface area contributed by atoms with E-state index in [9.17, 15) is 4.79 Å². The Kier molecular flexibility index (Phi) is 2.96. The van der Waals surface area contributed by atoms with Crippen LogP contribution in [0.3, 0.4) is 0 Å². The first-order chi connectivity index (χ1) is 7.03. The van der Waals surface area contributed by atoms with E-state index in [0.29, 0.717) is 11.5 Å². The van der Waals surface area contributed by atoms with Crippen molar-refractivity contribution in [3.8, 4) is 0 Å². The number of amides is 1. The number of carbonyl (C=O) groups excluding carboxylic acids is 1. The van der Waals surface area contributed by atoms with Crippen LogP contribution in [-0.4, -0.2) is 23.5 Å². The van der Waals surface area contributed by atoms with E-state index in [1.807, 2.05) is 41.5 Å². The van der Waals surface area contributed by atoms with Gasteiger partial charge in [0.1, 0.15) is 17.6 Å². The summed E-state index contributed by atoms with van der Waals surface area (Å²) in [5, 5.41) is 0. The monoisotopic (exact) mass is 223 g/mol. The van der Waals surface area contributed by atoms with E-state index in [1.54, 1.807) is 0 Å². The van der Waals surface area contributed by atoms with Crippen LogP contribution in [0.2, 0.25) is 0 Å². The first-order valence-corrected chi connectivity index (χ1v) is 5.50. The normalized spacial score (nSPS) is 21.8. The van der Waals surface area contributed by atoms with Gasteiger partial charge < -0.3 is 5.73 Å². The molecule has 0 aromatic rings. The number of rotatable bonds is 1. The number of carbonyl (C=O) groups is 1. The second-order valence-electron chi connectivity index (χ2n) is 6.33. The molecule has 90 valence electrons. The Hall–Kier alpha value is -1.19. The van der Waals surface area contributed by atoms with Gasteiger partial charge >= 0.3 is 0 Å². The van der Waals surface area contributed by atoms with Crippen LogP contribution >= 0.6 is 0 Å². The predicted molar refractivity (Wildman–Crippen MR) is 66.8 cm³/mol. The fourth-order valence-corrected chi connectivity index (χ4v) is 1.54. The van der Waals surface area contributed by atoms with Gasteiger partial charge in [-0.15, -0.1) is 0 Å². The SMILES string of the molecule is CC(C)(C)C1=NC(C(C)(C)C)C(C(N)=O)=N1. The highest BCUT2D eigenvalue weighted by molar-refractivity contribution is 6.43. The van der Waals surface area contributed by atoms with Crippen LogP contribution in [0.25, 0.3) is 0 Å². The number of amidine groups is 1. The van der Waals surface area contributed by atoms with Crippen LogP contribution in [0, 0.1) is 10.8 Å². The Balaban J connectivity index is 3.17. The van der Waals surface area contributed by atoms with Crippen molar-refractivity contribution < 1.29 is 4.79 Å². The van der Waals surface area contributed by atoms with Crippen molar-refractivity contribution in [2.24, 2.45) is 26.5 Å². The average Bonchev–Trinajstić information content (AvgIpc) is 2.44. The lowest BCUT2D eigenvalue weighted by Gasteiger charge is -2.24. The van der Waals surface area contributed by atoms with Crippen LogP contribution < -0.4 is 5.73 Å². The summed E-state index contributed by atoms with van der Waals surface area (Å²) < 4.78 is 0. The smallest absolute Gasteiger partial charge is 0.265 e. The van der Waals surface area contributed by atoms with Crippen molar-refractivity contribution in [2.75, 3.05) is 0 Å². The summed E-state index contributed by atoms with van der Waals surface area (Å²) in [5.74, 6) is 0.240. The molecule has 0 bridgehead atoms. The maximum absolute atomic E-state index is 11.3. The minimum absolute atomic E-state index is 0.138. The van der Waals surface area contributed by atoms with E-state index in [-0.39, 0.29) is 16.9 Å². The third-order valence-electron chi connectivity index (χ3n) is 2.48. The fraction of sp³-hybridized carbons (Fsp3) is 0.750. The summed E-state index contributed by atoms with van der Waals surface area (Å²) in [6.45, 7) is 12.2. The van der Waals surface area contributed by atoms with Gasteiger partial charge in [0.2, 0.25) is 0 Å². The predicted octanol–water partition coefficient (Wildman–Crippen LogP) is 1.79. The molecule has 0 aromatic heterocycles. The number of primary amides is 1. The molecule has 1 rings (SSSR count). The van der Waals surface area contributed by atoms with Gasteiger partial charge in [0.15, 0.2) is 0 Å². The minimum atomic E-state index is -0.470. The van der Waals surface area contributed by atoms with Gasteiger partial charge in [0, 0.05) is 5.41 Å². The summed E-state index contributed by atoms with van der Waals surface area (Å²) in [4.78, 5) is 20.2. The lowest BCUT2D eigenvalue weighted by Crippen LogP contribution is -2.38. The third kappa shape index (κ3) is 2.49. The number of hydrogen-bond donors (Lipinski definition) is 1. The van der Waals surface area contributed by atoms with Crippen molar-refractivity contribution in [2.45, 2.75) is 47.6 Å². The molecule has 0 spiro atoms. The Labute approximate surface area is 97.0 Å². The molecule has 1 unspecified atom stereocenters. The summed E-state index contributed by atoms with van der Waals surface area (Å²) >= 11 is 0. The topological polar surface area (TPSA) is 67.8 Å². The van der Waals surface area contributed by atoms with Crippen molar-refractivity contribution in [3.63, 3.8) is 0 Å². The first kappa shape index (κ1) is 12.9. The molecule has 1 heterocycles. The molecule has 0 saturated carbocycles. The Morgan fingerprint density at radius 2 is 1.69 bits per heavy atom. The maximum atomic E-state index is 11.3. The number of aliphatic imine (C=N–C) groups is 2. The zero-order valence-electron chi connectivity index (χ0n) is 11.0. The van der Waals surface area contributed by atoms with Gasteiger partial charge in [-0.3, -0.25) is 9.79 Å². The molecular weight excluding hydrogens is 202 g/mol. The molecular formula is C12H21N3O. The van der Waals surface area contributed by atoms with E-state index >= 15 is 0 Å². The number of hydrogen-bond acceptors (Lipinski definition) is 3. The van der Waals surface area contributed by atoms with E-state index in [2.05, 4.69) is 9.98 Å². The molecule has 1 amide bonds. The van der Waals surface area contributed by atoms with Gasteiger partial charge in [0.05, 0.1) is 0 Å². The van der Waals surface area contributed by atoms with Crippen molar-refractivity contribution in [1.29, 1.82) is 0 Å². The second-order valence-corrected chi connectivity index (χ2v) is 6.33. The summed E-state index contributed by atoms with van der Waals surface area (Å²) in [6, 6.07) is -0.223. The molecule has 1 aliphatic heterocycles. The van der Waals surface area contributed by atoms with Crippen LogP contribution in [0.1, 0.15) is 41.5 Å². The molecule has 0 fully saturated rings. The van der Waals surface area contributed by atoms with Crippen molar-refractivity contribution >= 4 is 17.5 Å². The minimum Gasteiger partial charge on any atom is -0.364 e. The second kappa shape index (κ2) is 3.68. The van der Waals surface area contributed by atoms with E-state index in [4.69, 9.17) is 5.73 Å². The Morgan fingerprint density at radius 3 is 1.94 bits per heavy atom. The zero-order chi connectivity index (χ0) is 12.7. The average molecular weight is 223 g/mol. The molecule has 0 saturated heterocycles. The van der Waals surface area contributed by atoms with E-state index < -0.39 is 5.91 Å². The van der Waals surface area contributed by atoms with Crippen LogP contribution in [0.5, 0.6) is 0 Å². The lowest BCUT2D eigenvalue weighted by atomic mass is 9.84. The molecule has 0 radical (unpaired) electrons. The highest BCUT2D eigenvalue weighted by Crippen LogP contribution is 2.31. The summed E-state index contributed by atoms with van der Waals surface area (Å²) in [7, 11) is 0. The highest BCUT2D eigenvalue weighted by atomic mass is 16.1. The van der Waals surface area contributed by atoms with Gasteiger partial charge in [0.25, 0.3) is 5.91 Å². The Morgan fingerprint density at radius 1 is 1.19 bits per heavy atom. The van der Waals surface area contributed by atoms with Gasteiger partial charge in [-0.2, -0.15) is 0 Å². The zero-order valence-corrected chi connectivity index (χ0v) is 11.0. The maximum Gasteiger partial charge on any atom is 0.265 e. The third-order valence-corrected chi connectivity index (χ3v) is 2.48. The molecule has 1 atom stereocenters. The largest absolute Gasteiger partial charge is 0.364 e. The Bertz CT molecular complexity index is 367. The highest BCUT2D eigenvalue weighted by Gasteiger charge is 2.38. The lowest BCUT2D eigenvalue weighted by molar-refractivity contribution is -0.112. The molecule has 0 aromatic carbocycles. The van der Waals surface area contributed by atoms with E-state index in [0.717, 1.165) is 0 Å². The number of nitrogens with zero attached hydrogens (tertiary/aromatic N) is 2. The molecule has 16 heavy (non-hydrogen) atoms. The summed E-state index contributed by atoms with van der Waals surface area (Å²) in [5.41, 5.74) is 5.44. The summed E-state index contributed by atoms with van der Waals surface area (Å²) in [6.07, 6.45) is 0. The van der Waals surface area contributed by atoms with Crippen LogP contribution in [0.15, 0.2) is 9.98 Å². The van der Waals surface area contributed by atoms with Gasteiger partial charge in [-0.05, 0) is 5.41 Å². The van der Waals surface area contributed by atoms with Crippen molar-refractivity contribution in [3.05, 3.63) is 0 Å².